The highest BCUT2D eigenvalue weighted by molar-refractivity contribution is 5.74. The first-order valence-electron chi connectivity index (χ1n) is 5.40. The highest BCUT2D eigenvalue weighted by Crippen LogP contribution is 2.02. The first-order chi connectivity index (χ1) is 7.76. The quantitative estimate of drug-likeness (QED) is 0.662. The number of methoxy groups -OCH3 is 2. The lowest BCUT2D eigenvalue weighted by Crippen LogP contribution is -2.45. The van der Waals surface area contributed by atoms with E-state index in [0.29, 0.717) is 19.8 Å². The van der Waals surface area contributed by atoms with Gasteiger partial charge in [0.15, 0.2) is 0 Å². The average molecular weight is 232 g/mol. The lowest BCUT2D eigenvalue weighted by molar-refractivity contribution is 0.0304. The molecule has 2 N–H and O–H groups in total. The van der Waals surface area contributed by atoms with Gasteiger partial charge in [-0.3, -0.25) is 0 Å². The molecule has 0 aromatic carbocycles. The standard InChI is InChI=1S/C10H20N2O4/c1-14-7-9(15-2)5-11-10(13)12-8-3-4-16-6-8/h8-9H,3-7H2,1-2H3,(H2,11,12,13). The Morgan fingerprint density at radius 3 is 2.94 bits per heavy atom. The Morgan fingerprint density at radius 1 is 1.56 bits per heavy atom. The van der Waals surface area contributed by atoms with Crippen LogP contribution in [0, 0.1) is 0 Å². The van der Waals surface area contributed by atoms with Crippen molar-refractivity contribution >= 4 is 6.03 Å². The molecule has 1 saturated heterocycles. The lowest BCUT2D eigenvalue weighted by Gasteiger charge is -2.16. The Bertz CT molecular complexity index is 207. The average Bonchev–Trinajstić information content (AvgIpc) is 2.76. The van der Waals surface area contributed by atoms with E-state index in [1.54, 1.807) is 14.2 Å². The normalized spacial score (nSPS) is 21.8. The van der Waals surface area contributed by atoms with Crippen LogP contribution in [-0.2, 0) is 14.2 Å². The molecule has 0 aromatic rings. The molecule has 1 heterocycles. The summed E-state index contributed by atoms with van der Waals surface area (Å²) in [5.74, 6) is 0. The van der Waals surface area contributed by atoms with Crippen LogP contribution >= 0.6 is 0 Å². The largest absolute Gasteiger partial charge is 0.382 e. The highest BCUT2D eigenvalue weighted by Gasteiger charge is 2.18. The van der Waals surface area contributed by atoms with Crippen molar-refractivity contribution in [1.29, 1.82) is 0 Å². The molecule has 0 bridgehead atoms. The maximum atomic E-state index is 11.4. The molecule has 6 nitrogen and oxygen atoms in total. The van der Waals surface area contributed by atoms with Gasteiger partial charge >= 0.3 is 6.03 Å². The minimum absolute atomic E-state index is 0.115. The van der Waals surface area contributed by atoms with E-state index in [2.05, 4.69) is 10.6 Å². The summed E-state index contributed by atoms with van der Waals surface area (Å²) in [4.78, 5) is 11.4. The van der Waals surface area contributed by atoms with Crippen LogP contribution in [0.3, 0.4) is 0 Å². The van der Waals surface area contributed by atoms with Gasteiger partial charge in [0.05, 0.1) is 25.4 Å². The first kappa shape index (κ1) is 13.2. The fourth-order valence-electron chi connectivity index (χ4n) is 1.49. The molecule has 1 rings (SSSR count). The van der Waals surface area contributed by atoms with E-state index in [9.17, 15) is 4.79 Å². The summed E-state index contributed by atoms with van der Waals surface area (Å²) >= 11 is 0. The number of amides is 2. The van der Waals surface area contributed by atoms with Crippen LogP contribution in [0.1, 0.15) is 6.42 Å². The van der Waals surface area contributed by atoms with Gasteiger partial charge in [-0.1, -0.05) is 0 Å². The van der Waals surface area contributed by atoms with Gasteiger partial charge in [-0.2, -0.15) is 0 Å². The molecular formula is C10H20N2O4. The fraction of sp³-hybridized carbons (Fsp3) is 0.900. The van der Waals surface area contributed by atoms with Crippen molar-refractivity contribution in [3.8, 4) is 0 Å². The Morgan fingerprint density at radius 2 is 2.38 bits per heavy atom. The van der Waals surface area contributed by atoms with Crippen molar-refractivity contribution in [2.24, 2.45) is 0 Å². The van der Waals surface area contributed by atoms with Crippen LogP contribution in [0.25, 0.3) is 0 Å². The molecule has 2 amide bonds. The SMILES string of the molecule is COCC(CNC(=O)NC1CCOC1)OC. The summed E-state index contributed by atoms with van der Waals surface area (Å²) in [6, 6.07) is -0.0583. The van der Waals surface area contributed by atoms with Crippen LogP contribution in [0.2, 0.25) is 0 Å². The number of ether oxygens (including phenoxy) is 3. The van der Waals surface area contributed by atoms with Gasteiger partial charge in [0.2, 0.25) is 0 Å². The molecule has 1 fully saturated rings. The zero-order valence-electron chi connectivity index (χ0n) is 9.82. The molecule has 1 aliphatic heterocycles. The topological polar surface area (TPSA) is 68.8 Å². The predicted molar refractivity (Wildman–Crippen MR) is 58.4 cm³/mol. The van der Waals surface area contributed by atoms with Crippen molar-refractivity contribution in [1.82, 2.24) is 10.6 Å². The first-order valence-corrected chi connectivity index (χ1v) is 5.40. The third kappa shape index (κ3) is 4.78. The molecule has 0 aromatic heterocycles. The molecule has 0 aliphatic carbocycles. The predicted octanol–water partition coefficient (Wildman–Crippen LogP) is -0.264. The van der Waals surface area contributed by atoms with E-state index in [-0.39, 0.29) is 18.2 Å². The van der Waals surface area contributed by atoms with Crippen LogP contribution in [0.5, 0.6) is 0 Å². The van der Waals surface area contributed by atoms with E-state index in [0.717, 1.165) is 13.0 Å². The Balaban J connectivity index is 2.12. The minimum atomic E-state index is -0.186. The number of nitrogens with one attached hydrogen (secondary N) is 2. The van der Waals surface area contributed by atoms with Gasteiger partial charge in [-0.05, 0) is 6.42 Å². The van der Waals surface area contributed by atoms with Crippen LogP contribution in [0.15, 0.2) is 0 Å². The van der Waals surface area contributed by atoms with Crippen LogP contribution in [-0.4, -0.2) is 58.8 Å². The summed E-state index contributed by atoms with van der Waals surface area (Å²) < 4.78 is 15.2. The molecule has 6 heteroatoms. The molecule has 0 saturated carbocycles. The highest BCUT2D eigenvalue weighted by atomic mass is 16.5. The third-order valence-electron chi connectivity index (χ3n) is 2.44. The summed E-state index contributed by atoms with van der Waals surface area (Å²) in [7, 11) is 3.19. The third-order valence-corrected chi connectivity index (χ3v) is 2.44. The van der Waals surface area contributed by atoms with E-state index >= 15 is 0 Å². The molecule has 2 atom stereocenters. The second kappa shape index (κ2) is 7.43. The van der Waals surface area contributed by atoms with Crippen molar-refractivity contribution in [2.75, 3.05) is 40.6 Å². The number of hydrogen-bond acceptors (Lipinski definition) is 4. The number of rotatable bonds is 6. The molecular weight excluding hydrogens is 212 g/mol. The lowest BCUT2D eigenvalue weighted by atomic mass is 10.3. The smallest absolute Gasteiger partial charge is 0.315 e. The number of hydrogen-bond donors (Lipinski definition) is 2. The van der Waals surface area contributed by atoms with Gasteiger partial charge in [0.1, 0.15) is 0 Å². The summed E-state index contributed by atoms with van der Waals surface area (Å²) in [6.07, 6.45) is 0.759. The van der Waals surface area contributed by atoms with Crippen molar-refractivity contribution in [2.45, 2.75) is 18.6 Å². The Kier molecular flexibility index (Phi) is 6.14. The molecule has 0 radical (unpaired) electrons. The summed E-state index contributed by atoms with van der Waals surface area (Å²) in [6.45, 7) is 2.21. The van der Waals surface area contributed by atoms with Gasteiger partial charge in [-0.15, -0.1) is 0 Å². The minimum Gasteiger partial charge on any atom is -0.382 e. The van der Waals surface area contributed by atoms with E-state index in [4.69, 9.17) is 14.2 Å². The summed E-state index contributed by atoms with van der Waals surface area (Å²) in [5.41, 5.74) is 0. The zero-order chi connectivity index (χ0) is 11.8. The molecule has 2 unspecified atom stereocenters. The van der Waals surface area contributed by atoms with E-state index < -0.39 is 0 Å². The molecule has 1 aliphatic rings. The van der Waals surface area contributed by atoms with Gasteiger partial charge in [-0.25, -0.2) is 4.79 Å². The van der Waals surface area contributed by atoms with Crippen molar-refractivity contribution in [3.63, 3.8) is 0 Å². The Hall–Kier alpha value is -0.850. The Labute approximate surface area is 95.6 Å². The number of carbonyl (C=O) groups excluding carboxylic acids is 1. The van der Waals surface area contributed by atoms with Gasteiger partial charge < -0.3 is 24.8 Å². The maximum absolute atomic E-state index is 11.4. The summed E-state index contributed by atoms with van der Waals surface area (Å²) in [5, 5.41) is 5.56. The second-order valence-electron chi connectivity index (χ2n) is 3.73. The second-order valence-corrected chi connectivity index (χ2v) is 3.73. The molecule has 0 spiro atoms. The molecule has 16 heavy (non-hydrogen) atoms. The van der Waals surface area contributed by atoms with E-state index in [1.165, 1.54) is 0 Å². The fourth-order valence-corrected chi connectivity index (χ4v) is 1.49. The monoisotopic (exact) mass is 232 g/mol. The zero-order valence-corrected chi connectivity index (χ0v) is 9.82. The van der Waals surface area contributed by atoms with Crippen LogP contribution in [0.4, 0.5) is 4.79 Å². The number of urea groups is 1. The van der Waals surface area contributed by atoms with Crippen LogP contribution < -0.4 is 10.6 Å². The van der Waals surface area contributed by atoms with Gasteiger partial charge in [0, 0.05) is 27.4 Å². The maximum Gasteiger partial charge on any atom is 0.315 e. The van der Waals surface area contributed by atoms with E-state index in [1.807, 2.05) is 0 Å². The molecule has 94 valence electrons. The van der Waals surface area contributed by atoms with Gasteiger partial charge in [0.25, 0.3) is 0 Å². The number of carbonyl (C=O) groups is 1. The van der Waals surface area contributed by atoms with Crippen molar-refractivity contribution in [3.05, 3.63) is 0 Å². The van der Waals surface area contributed by atoms with Crippen molar-refractivity contribution < 1.29 is 19.0 Å².